The van der Waals surface area contributed by atoms with Gasteiger partial charge in [-0.25, -0.2) is 0 Å². The number of hydrogen-bond donors (Lipinski definition) is 1. The lowest BCUT2D eigenvalue weighted by Gasteiger charge is -2.28. The van der Waals surface area contributed by atoms with Gasteiger partial charge in [0.15, 0.2) is 0 Å². The van der Waals surface area contributed by atoms with Crippen LogP contribution in [0.15, 0.2) is 18.3 Å². The Morgan fingerprint density at radius 3 is 2.80 bits per heavy atom. The summed E-state index contributed by atoms with van der Waals surface area (Å²) in [6.07, 6.45) is 1.74. The fourth-order valence-corrected chi connectivity index (χ4v) is 2.06. The van der Waals surface area contributed by atoms with Crippen molar-refractivity contribution in [2.24, 2.45) is 5.73 Å². The molecule has 0 amide bonds. The van der Waals surface area contributed by atoms with Gasteiger partial charge in [0.1, 0.15) is 4.99 Å². The zero-order chi connectivity index (χ0) is 15.0. The summed E-state index contributed by atoms with van der Waals surface area (Å²) in [6.45, 7) is 5.12. The third-order valence-electron chi connectivity index (χ3n) is 3.08. The van der Waals surface area contributed by atoms with Crippen molar-refractivity contribution in [1.82, 2.24) is 9.88 Å². The number of nitrogens with zero attached hydrogens (tertiary/aromatic N) is 2. The average Bonchev–Trinajstić information content (AvgIpc) is 2.44. The third kappa shape index (κ3) is 5.50. The molecule has 1 aromatic rings. The summed E-state index contributed by atoms with van der Waals surface area (Å²) in [4.78, 5) is 6.77. The number of ether oxygens (including phenoxy) is 2. The molecular weight excluding hydrogens is 274 g/mol. The zero-order valence-corrected chi connectivity index (χ0v) is 13.2. The van der Waals surface area contributed by atoms with Crippen molar-refractivity contribution in [2.45, 2.75) is 19.5 Å². The summed E-state index contributed by atoms with van der Waals surface area (Å²) in [5.74, 6) is 0. The van der Waals surface area contributed by atoms with Crippen LogP contribution >= 0.6 is 12.2 Å². The predicted molar refractivity (Wildman–Crippen MR) is 83.7 cm³/mol. The molecule has 0 radical (unpaired) electrons. The lowest BCUT2D eigenvalue weighted by atomic mass is 10.2. The van der Waals surface area contributed by atoms with Gasteiger partial charge in [0.05, 0.1) is 18.9 Å². The Morgan fingerprint density at radius 2 is 2.20 bits per heavy atom. The number of methoxy groups -OCH3 is 2. The Labute approximate surface area is 126 Å². The van der Waals surface area contributed by atoms with Crippen molar-refractivity contribution in [1.29, 1.82) is 0 Å². The van der Waals surface area contributed by atoms with E-state index < -0.39 is 0 Å². The second-order valence-electron chi connectivity index (χ2n) is 4.68. The van der Waals surface area contributed by atoms with E-state index in [1.54, 1.807) is 20.4 Å². The zero-order valence-electron chi connectivity index (χ0n) is 12.3. The normalized spacial score (nSPS) is 12.6. The molecule has 1 atom stereocenters. The van der Waals surface area contributed by atoms with Crippen molar-refractivity contribution in [3.63, 3.8) is 0 Å². The molecule has 0 aliphatic rings. The van der Waals surface area contributed by atoms with Gasteiger partial charge in [-0.2, -0.15) is 0 Å². The smallest absolute Gasteiger partial charge is 0.122 e. The number of hydrogen-bond acceptors (Lipinski definition) is 5. The summed E-state index contributed by atoms with van der Waals surface area (Å²) in [5, 5.41) is 0. The summed E-state index contributed by atoms with van der Waals surface area (Å²) in [7, 11) is 3.42. The Balaban J connectivity index is 2.77. The largest absolute Gasteiger partial charge is 0.388 e. The molecule has 1 heterocycles. The Hall–Kier alpha value is -1.08. The van der Waals surface area contributed by atoms with Crippen LogP contribution in [0.1, 0.15) is 18.2 Å². The van der Waals surface area contributed by atoms with Crippen LogP contribution in [0.4, 0.5) is 0 Å². The lowest BCUT2D eigenvalue weighted by molar-refractivity contribution is 0.0705. The second-order valence-corrected chi connectivity index (χ2v) is 5.12. The summed E-state index contributed by atoms with van der Waals surface area (Å²) in [6, 6.07) is 4.21. The van der Waals surface area contributed by atoms with E-state index in [2.05, 4.69) is 16.8 Å². The number of rotatable bonds is 9. The molecule has 0 spiro atoms. The monoisotopic (exact) mass is 297 g/mol. The summed E-state index contributed by atoms with van der Waals surface area (Å²) >= 11 is 4.96. The molecule has 112 valence electrons. The van der Waals surface area contributed by atoms with Gasteiger partial charge >= 0.3 is 0 Å². The van der Waals surface area contributed by atoms with E-state index >= 15 is 0 Å². The Morgan fingerprint density at radius 1 is 1.45 bits per heavy atom. The highest BCUT2D eigenvalue weighted by molar-refractivity contribution is 7.80. The van der Waals surface area contributed by atoms with Crippen LogP contribution < -0.4 is 5.73 Å². The van der Waals surface area contributed by atoms with E-state index in [-0.39, 0.29) is 0 Å². The first-order chi connectivity index (χ1) is 9.58. The molecule has 1 aromatic heterocycles. The van der Waals surface area contributed by atoms with Crippen LogP contribution in [0.2, 0.25) is 0 Å². The Kier molecular flexibility index (Phi) is 7.61. The highest BCUT2D eigenvalue weighted by atomic mass is 32.1. The first-order valence-electron chi connectivity index (χ1n) is 6.55. The van der Waals surface area contributed by atoms with Gasteiger partial charge in [0, 0.05) is 39.5 Å². The van der Waals surface area contributed by atoms with Crippen LogP contribution in [0, 0.1) is 0 Å². The van der Waals surface area contributed by atoms with E-state index in [0.717, 1.165) is 18.7 Å². The van der Waals surface area contributed by atoms with Crippen molar-refractivity contribution in [3.05, 3.63) is 29.6 Å². The molecule has 1 unspecified atom stereocenters. The van der Waals surface area contributed by atoms with Crippen molar-refractivity contribution in [2.75, 3.05) is 34.0 Å². The molecule has 6 heteroatoms. The maximum Gasteiger partial charge on any atom is 0.122 e. The first-order valence-corrected chi connectivity index (χ1v) is 6.96. The van der Waals surface area contributed by atoms with E-state index in [1.807, 2.05) is 12.1 Å². The maximum absolute atomic E-state index is 5.62. The predicted octanol–water partition coefficient (Wildman–Crippen LogP) is 1.20. The first kappa shape index (κ1) is 17.0. The third-order valence-corrected chi connectivity index (χ3v) is 3.29. The van der Waals surface area contributed by atoms with Crippen LogP contribution in [0.5, 0.6) is 0 Å². The van der Waals surface area contributed by atoms with Crippen LogP contribution in [0.25, 0.3) is 0 Å². The number of aromatic nitrogens is 1. The van der Waals surface area contributed by atoms with E-state index in [4.69, 9.17) is 27.4 Å². The number of nitrogens with two attached hydrogens (primary N) is 1. The minimum atomic E-state index is 0.302. The van der Waals surface area contributed by atoms with Gasteiger partial charge in [0.2, 0.25) is 0 Å². The molecule has 0 aliphatic carbocycles. The minimum absolute atomic E-state index is 0.302. The van der Waals surface area contributed by atoms with Gasteiger partial charge in [-0.1, -0.05) is 12.2 Å². The highest BCUT2D eigenvalue weighted by Crippen LogP contribution is 2.10. The molecule has 0 bridgehead atoms. The van der Waals surface area contributed by atoms with Gasteiger partial charge in [-0.05, 0) is 24.6 Å². The van der Waals surface area contributed by atoms with Crippen LogP contribution in [-0.4, -0.2) is 54.9 Å². The molecule has 0 fully saturated rings. The topological polar surface area (TPSA) is 60.6 Å². The van der Waals surface area contributed by atoms with Crippen molar-refractivity contribution >= 4 is 17.2 Å². The molecule has 5 nitrogen and oxygen atoms in total. The number of pyridine rings is 1. The SMILES string of the molecule is COCCN(Cc1ccnc(C(N)=S)c1)C(C)COC. The standard InChI is InChI=1S/C14H23N3O2S/c1-11(10-19-3)17(6-7-18-2)9-12-4-5-16-13(8-12)14(15)20/h4-5,8,11H,6-7,9-10H2,1-3H3,(H2,15,20). The lowest BCUT2D eigenvalue weighted by Crippen LogP contribution is -2.38. The van der Waals surface area contributed by atoms with Crippen molar-refractivity contribution < 1.29 is 9.47 Å². The molecule has 0 saturated carbocycles. The van der Waals surface area contributed by atoms with Gasteiger partial charge in [-0.3, -0.25) is 9.88 Å². The minimum Gasteiger partial charge on any atom is -0.388 e. The van der Waals surface area contributed by atoms with Gasteiger partial charge in [0.25, 0.3) is 0 Å². The molecule has 1 rings (SSSR count). The van der Waals surface area contributed by atoms with E-state index in [9.17, 15) is 0 Å². The molecule has 0 aliphatic heterocycles. The Bertz CT molecular complexity index is 429. The molecular formula is C14H23N3O2S. The molecule has 2 N–H and O–H groups in total. The number of thiocarbonyl (C=S) groups is 1. The van der Waals surface area contributed by atoms with E-state index in [1.165, 1.54) is 0 Å². The second kappa shape index (κ2) is 8.97. The average molecular weight is 297 g/mol. The van der Waals surface area contributed by atoms with Gasteiger partial charge < -0.3 is 15.2 Å². The fourth-order valence-electron chi connectivity index (χ4n) is 1.95. The summed E-state index contributed by atoms with van der Waals surface area (Å²) in [5.41, 5.74) is 7.40. The van der Waals surface area contributed by atoms with E-state index in [0.29, 0.717) is 29.9 Å². The van der Waals surface area contributed by atoms with Crippen LogP contribution in [0.3, 0.4) is 0 Å². The molecule has 0 aromatic carbocycles. The van der Waals surface area contributed by atoms with Crippen molar-refractivity contribution in [3.8, 4) is 0 Å². The quantitative estimate of drug-likeness (QED) is 0.691. The van der Waals surface area contributed by atoms with Gasteiger partial charge in [-0.15, -0.1) is 0 Å². The summed E-state index contributed by atoms with van der Waals surface area (Å²) < 4.78 is 10.4. The fraction of sp³-hybridized carbons (Fsp3) is 0.571. The molecule has 20 heavy (non-hydrogen) atoms. The molecule has 0 saturated heterocycles. The highest BCUT2D eigenvalue weighted by Gasteiger charge is 2.14. The maximum atomic E-state index is 5.62. The van der Waals surface area contributed by atoms with Crippen LogP contribution in [-0.2, 0) is 16.0 Å².